The molecule has 0 heterocycles. The predicted octanol–water partition coefficient (Wildman–Crippen LogP) is 2.27. The van der Waals surface area contributed by atoms with E-state index in [2.05, 4.69) is 24.2 Å². The lowest BCUT2D eigenvalue weighted by molar-refractivity contribution is 0.0201. The largest absolute Gasteiger partial charge is 0.297 e. The highest BCUT2D eigenvalue weighted by Crippen LogP contribution is 2.44. The van der Waals surface area contributed by atoms with Crippen LogP contribution in [-0.4, -0.2) is 29.6 Å². The fourth-order valence-electron chi connectivity index (χ4n) is 4.17. The zero-order chi connectivity index (χ0) is 12.3. The molecule has 3 heteroatoms. The Hall–Kier alpha value is -0.120. The Labute approximate surface area is 106 Å². The van der Waals surface area contributed by atoms with E-state index in [9.17, 15) is 0 Å². The van der Waals surface area contributed by atoms with Crippen LogP contribution in [0.5, 0.6) is 0 Å². The maximum Gasteiger partial charge on any atom is 0.0422 e. The zero-order valence-corrected chi connectivity index (χ0v) is 11.5. The molecule has 1 unspecified atom stereocenters. The number of likely N-dealkylation sites (N-methyl/N-ethyl adjacent to an activating group) is 1. The molecule has 0 aliphatic heterocycles. The SMILES string of the molecule is CCN(CC)C1(C(NN)C2CCC2)CCCC1. The summed E-state index contributed by atoms with van der Waals surface area (Å²) in [6.45, 7) is 6.89. The number of hydrogen-bond donors (Lipinski definition) is 2. The Morgan fingerprint density at radius 1 is 1.18 bits per heavy atom. The number of nitrogens with two attached hydrogens (primary N) is 1. The summed E-state index contributed by atoms with van der Waals surface area (Å²) in [4.78, 5) is 2.67. The summed E-state index contributed by atoms with van der Waals surface area (Å²) in [5.41, 5.74) is 3.54. The third-order valence-electron chi connectivity index (χ3n) is 5.24. The minimum Gasteiger partial charge on any atom is -0.297 e. The molecule has 3 N–H and O–H groups in total. The lowest BCUT2D eigenvalue weighted by atomic mass is 9.70. The second-order valence-electron chi connectivity index (χ2n) is 5.82. The molecule has 0 amide bonds. The smallest absolute Gasteiger partial charge is 0.0422 e. The van der Waals surface area contributed by atoms with E-state index >= 15 is 0 Å². The van der Waals surface area contributed by atoms with Crippen molar-refractivity contribution in [2.75, 3.05) is 13.1 Å². The van der Waals surface area contributed by atoms with E-state index in [0.29, 0.717) is 11.6 Å². The average molecular weight is 239 g/mol. The summed E-state index contributed by atoms with van der Waals surface area (Å²) in [5, 5.41) is 0. The molecule has 0 saturated heterocycles. The average Bonchev–Trinajstić information content (AvgIpc) is 2.75. The molecular formula is C14H29N3. The van der Waals surface area contributed by atoms with E-state index in [4.69, 9.17) is 5.84 Å². The molecule has 3 nitrogen and oxygen atoms in total. The van der Waals surface area contributed by atoms with Crippen LogP contribution in [0.4, 0.5) is 0 Å². The van der Waals surface area contributed by atoms with Crippen LogP contribution < -0.4 is 11.3 Å². The summed E-state index contributed by atoms with van der Waals surface area (Å²) in [5.74, 6) is 6.74. The van der Waals surface area contributed by atoms with Gasteiger partial charge in [-0.2, -0.15) is 0 Å². The maximum absolute atomic E-state index is 5.92. The first-order chi connectivity index (χ1) is 8.28. The summed E-state index contributed by atoms with van der Waals surface area (Å²) in [6, 6.07) is 0.513. The van der Waals surface area contributed by atoms with E-state index in [1.54, 1.807) is 0 Å². The molecule has 2 rings (SSSR count). The summed E-state index contributed by atoms with van der Waals surface area (Å²) >= 11 is 0. The van der Waals surface area contributed by atoms with Crippen LogP contribution in [0, 0.1) is 5.92 Å². The van der Waals surface area contributed by atoms with E-state index in [0.717, 1.165) is 19.0 Å². The molecule has 100 valence electrons. The highest BCUT2D eigenvalue weighted by Gasteiger charge is 2.48. The Bertz CT molecular complexity index is 228. The second kappa shape index (κ2) is 5.68. The molecule has 2 fully saturated rings. The standard InChI is InChI=1S/C14H29N3/c1-3-17(4-2)14(10-5-6-11-14)13(16-15)12-8-7-9-12/h12-13,16H,3-11,15H2,1-2H3. The fourth-order valence-corrected chi connectivity index (χ4v) is 4.17. The molecule has 0 aromatic rings. The van der Waals surface area contributed by atoms with Crippen LogP contribution >= 0.6 is 0 Å². The Morgan fingerprint density at radius 2 is 1.76 bits per heavy atom. The number of nitrogens with zero attached hydrogens (tertiary/aromatic N) is 1. The van der Waals surface area contributed by atoms with Gasteiger partial charge >= 0.3 is 0 Å². The van der Waals surface area contributed by atoms with Gasteiger partial charge in [-0.05, 0) is 44.7 Å². The quantitative estimate of drug-likeness (QED) is 0.552. The minimum absolute atomic E-state index is 0.351. The minimum atomic E-state index is 0.351. The van der Waals surface area contributed by atoms with Gasteiger partial charge in [0, 0.05) is 11.6 Å². The van der Waals surface area contributed by atoms with Gasteiger partial charge in [-0.3, -0.25) is 16.2 Å². The van der Waals surface area contributed by atoms with Crippen molar-refractivity contribution in [2.45, 2.75) is 70.4 Å². The van der Waals surface area contributed by atoms with Gasteiger partial charge in [0.25, 0.3) is 0 Å². The number of hydrogen-bond acceptors (Lipinski definition) is 3. The van der Waals surface area contributed by atoms with Gasteiger partial charge in [0.05, 0.1) is 0 Å². The van der Waals surface area contributed by atoms with Gasteiger partial charge in [-0.25, -0.2) is 0 Å². The van der Waals surface area contributed by atoms with Crippen molar-refractivity contribution < 1.29 is 0 Å². The van der Waals surface area contributed by atoms with Gasteiger partial charge in [-0.15, -0.1) is 0 Å². The first-order valence-corrected chi connectivity index (χ1v) is 7.49. The number of nitrogens with one attached hydrogen (secondary N) is 1. The van der Waals surface area contributed by atoms with Gasteiger partial charge in [0.1, 0.15) is 0 Å². The summed E-state index contributed by atoms with van der Waals surface area (Å²) in [7, 11) is 0. The lowest BCUT2D eigenvalue weighted by Gasteiger charge is -2.50. The van der Waals surface area contributed by atoms with E-state index in [-0.39, 0.29) is 0 Å². The molecule has 1 atom stereocenters. The second-order valence-corrected chi connectivity index (χ2v) is 5.82. The molecular weight excluding hydrogens is 210 g/mol. The van der Waals surface area contributed by atoms with E-state index in [1.165, 1.54) is 44.9 Å². The van der Waals surface area contributed by atoms with Crippen molar-refractivity contribution >= 4 is 0 Å². The van der Waals surface area contributed by atoms with Crippen molar-refractivity contribution in [3.8, 4) is 0 Å². The van der Waals surface area contributed by atoms with Crippen molar-refractivity contribution in [3.63, 3.8) is 0 Å². The van der Waals surface area contributed by atoms with Crippen LogP contribution in [-0.2, 0) is 0 Å². The topological polar surface area (TPSA) is 41.3 Å². The lowest BCUT2D eigenvalue weighted by Crippen LogP contribution is -2.64. The van der Waals surface area contributed by atoms with Gasteiger partial charge in [-0.1, -0.05) is 33.1 Å². The monoisotopic (exact) mass is 239 g/mol. The third kappa shape index (κ3) is 2.25. The molecule has 0 bridgehead atoms. The molecule has 2 saturated carbocycles. The van der Waals surface area contributed by atoms with Crippen LogP contribution in [0.25, 0.3) is 0 Å². The molecule has 0 radical (unpaired) electrons. The summed E-state index contributed by atoms with van der Waals surface area (Å²) < 4.78 is 0. The van der Waals surface area contributed by atoms with Crippen LogP contribution in [0.2, 0.25) is 0 Å². The molecule has 2 aliphatic carbocycles. The first kappa shape index (κ1) is 13.3. The van der Waals surface area contributed by atoms with E-state index in [1.807, 2.05) is 0 Å². The fraction of sp³-hybridized carbons (Fsp3) is 1.00. The van der Waals surface area contributed by atoms with Crippen LogP contribution in [0.3, 0.4) is 0 Å². The normalized spacial score (nSPS) is 26.1. The van der Waals surface area contributed by atoms with Crippen molar-refractivity contribution in [3.05, 3.63) is 0 Å². The maximum atomic E-state index is 5.92. The molecule has 0 spiro atoms. The van der Waals surface area contributed by atoms with Gasteiger partial charge < -0.3 is 0 Å². The molecule has 0 aromatic heterocycles. The van der Waals surface area contributed by atoms with Crippen molar-refractivity contribution in [1.82, 2.24) is 10.3 Å². The molecule has 0 aromatic carbocycles. The van der Waals surface area contributed by atoms with Crippen LogP contribution in [0.1, 0.15) is 58.8 Å². The number of rotatable bonds is 6. The third-order valence-corrected chi connectivity index (χ3v) is 5.24. The first-order valence-electron chi connectivity index (χ1n) is 7.49. The van der Waals surface area contributed by atoms with Gasteiger partial charge in [0.15, 0.2) is 0 Å². The number of hydrazine groups is 1. The Morgan fingerprint density at radius 3 is 2.12 bits per heavy atom. The highest BCUT2D eigenvalue weighted by atomic mass is 15.3. The highest BCUT2D eigenvalue weighted by molar-refractivity contribution is 5.06. The Kier molecular flexibility index (Phi) is 4.45. The zero-order valence-electron chi connectivity index (χ0n) is 11.5. The van der Waals surface area contributed by atoms with Crippen molar-refractivity contribution in [1.29, 1.82) is 0 Å². The van der Waals surface area contributed by atoms with Crippen LogP contribution in [0.15, 0.2) is 0 Å². The molecule has 17 heavy (non-hydrogen) atoms. The van der Waals surface area contributed by atoms with E-state index < -0.39 is 0 Å². The molecule has 2 aliphatic rings. The van der Waals surface area contributed by atoms with Gasteiger partial charge in [0.2, 0.25) is 0 Å². The van der Waals surface area contributed by atoms with Crippen molar-refractivity contribution in [2.24, 2.45) is 11.8 Å². The Balaban J connectivity index is 2.18. The summed E-state index contributed by atoms with van der Waals surface area (Å²) in [6.07, 6.45) is 9.57. The predicted molar refractivity (Wildman–Crippen MR) is 72.6 cm³/mol.